The van der Waals surface area contributed by atoms with Crippen molar-refractivity contribution in [3.63, 3.8) is 0 Å². The summed E-state index contributed by atoms with van der Waals surface area (Å²) in [5, 5.41) is 9.54. The lowest BCUT2D eigenvalue weighted by Crippen LogP contribution is -2.32. The zero-order valence-electron chi connectivity index (χ0n) is 8.14. The second-order valence-electron chi connectivity index (χ2n) is 3.55. The largest absolute Gasteiger partial charge is 0.507 e. The second kappa shape index (κ2) is 3.87. The van der Waals surface area contributed by atoms with E-state index in [1.807, 2.05) is 6.92 Å². The fourth-order valence-electron chi connectivity index (χ4n) is 1.18. The average molecular weight is 262 g/mol. The predicted molar refractivity (Wildman–Crippen MR) is 57.6 cm³/mol. The number of nitrogens with two attached hydrogens (primary N) is 1. The van der Waals surface area contributed by atoms with Crippen LogP contribution in [0.2, 0.25) is 0 Å². The molecule has 1 atom stereocenters. The van der Waals surface area contributed by atoms with Crippen LogP contribution in [0.4, 0.5) is 4.39 Å². The van der Waals surface area contributed by atoms with Gasteiger partial charge in [-0.2, -0.15) is 0 Å². The number of hydrogen-bond acceptors (Lipinski definition) is 2. The Bertz CT molecular complexity index is 352. The first-order valence-electron chi connectivity index (χ1n) is 4.36. The zero-order chi connectivity index (χ0) is 10.9. The third-order valence-electron chi connectivity index (χ3n) is 2.39. The van der Waals surface area contributed by atoms with Gasteiger partial charge in [0.25, 0.3) is 0 Å². The normalized spacial score (nSPS) is 15.2. The van der Waals surface area contributed by atoms with E-state index < -0.39 is 11.4 Å². The van der Waals surface area contributed by atoms with Gasteiger partial charge in [0.15, 0.2) is 0 Å². The van der Waals surface area contributed by atoms with E-state index in [0.717, 1.165) is 6.07 Å². The Kier molecular flexibility index (Phi) is 3.17. The van der Waals surface area contributed by atoms with E-state index in [2.05, 4.69) is 15.9 Å². The molecule has 0 spiro atoms. The van der Waals surface area contributed by atoms with Crippen LogP contribution in [0, 0.1) is 5.82 Å². The van der Waals surface area contributed by atoms with E-state index in [-0.39, 0.29) is 5.75 Å². The van der Waals surface area contributed by atoms with E-state index in [0.29, 0.717) is 16.5 Å². The van der Waals surface area contributed by atoms with Crippen molar-refractivity contribution >= 4 is 15.9 Å². The maximum absolute atomic E-state index is 13.0. The summed E-state index contributed by atoms with van der Waals surface area (Å²) in [7, 11) is 0. The van der Waals surface area contributed by atoms with Crippen LogP contribution in [0.5, 0.6) is 5.75 Å². The Morgan fingerprint density at radius 2 is 2.14 bits per heavy atom. The minimum atomic E-state index is -0.639. The molecule has 4 heteroatoms. The lowest BCUT2D eigenvalue weighted by molar-refractivity contribution is 0.412. The summed E-state index contributed by atoms with van der Waals surface area (Å²) in [6.07, 6.45) is 0.665. The molecule has 14 heavy (non-hydrogen) atoms. The van der Waals surface area contributed by atoms with Crippen LogP contribution in [-0.4, -0.2) is 5.11 Å². The van der Waals surface area contributed by atoms with Crippen LogP contribution in [0.15, 0.2) is 16.6 Å². The van der Waals surface area contributed by atoms with E-state index in [4.69, 9.17) is 5.73 Å². The highest BCUT2D eigenvalue weighted by atomic mass is 79.9. The Morgan fingerprint density at radius 3 is 2.64 bits per heavy atom. The molecule has 0 bridgehead atoms. The molecule has 0 aliphatic rings. The first-order chi connectivity index (χ1) is 6.38. The summed E-state index contributed by atoms with van der Waals surface area (Å²) in [5.74, 6) is -0.587. The summed E-state index contributed by atoms with van der Waals surface area (Å²) >= 11 is 3.06. The van der Waals surface area contributed by atoms with Crippen LogP contribution in [0.1, 0.15) is 25.8 Å². The molecular weight excluding hydrogens is 249 g/mol. The molecule has 0 aliphatic carbocycles. The van der Waals surface area contributed by atoms with Gasteiger partial charge in [0, 0.05) is 17.2 Å². The molecule has 0 saturated heterocycles. The van der Waals surface area contributed by atoms with Gasteiger partial charge >= 0.3 is 0 Å². The monoisotopic (exact) mass is 261 g/mol. The molecule has 1 aromatic rings. The number of phenols is 1. The molecule has 3 N–H and O–H groups in total. The van der Waals surface area contributed by atoms with Crippen molar-refractivity contribution in [2.75, 3.05) is 0 Å². The molecule has 1 unspecified atom stereocenters. The first-order valence-corrected chi connectivity index (χ1v) is 5.15. The van der Waals surface area contributed by atoms with Gasteiger partial charge in [-0.25, -0.2) is 4.39 Å². The average Bonchev–Trinajstić information content (AvgIpc) is 2.11. The maximum Gasteiger partial charge on any atom is 0.141 e. The van der Waals surface area contributed by atoms with E-state index >= 15 is 0 Å². The van der Waals surface area contributed by atoms with Gasteiger partial charge in [-0.3, -0.25) is 0 Å². The van der Waals surface area contributed by atoms with Crippen molar-refractivity contribution in [1.82, 2.24) is 0 Å². The molecule has 0 fully saturated rings. The third-order valence-corrected chi connectivity index (χ3v) is 3.00. The predicted octanol–water partition coefficient (Wildman–Crippen LogP) is 2.88. The minimum absolute atomic E-state index is 0.0995. The lowest BCUT2D eigenvalue weighted by Gasteiger charge is -2.24. The standard InChI is InChI=1S/C10H13BrFNO/c1-3-10(2,13)6-4-7(11)8(12)5-9(6)14/h4-5,14H,3,13H2,1-2H3. The number of halogens is 2. The van der Waals surface area contributed by atoms with Gasteiger partial charge in [0.1, 0.15) is 11.6 Å². The summed E-state index contributed by atoms with van der Waals surface area (Å²) < 4.78 is 13.3. The Morgan fingerprint density at radius 1 is 1.57 bits per heavy atom. The van der Waals surface area contributed by atoms with Gasteiger partial charge < -0.3 is 10.8 Å². The number of benzene rings is 1. The molecule has 1 rings (SSSR count). The van der Waals surface area contributed by atoms with Gasteiger partial charge in [0.05, 0.1) is 4.47 Å². The summed E-state index contributed by atoms with van der Waals surface area (Å²) in [5.41, 5.74) is 5.86. The molecule has 0 radical (unpaired) electrons. The van der Waals surface area contributed by atoms with Gasteiger partial charge in [0.2, 0.25) is 0 Å². The molecule has 0 aliphatic heterocycles. The Hall–Kier alpha value is -0.610. The fourth-order valence-corrected chi connectivity index (χ4v) is 1.53. The van der Waals surface area contributed by atoms with Crippen LogP contribution >= 0.6 is 15.9 Å². The molecule has 0 amide bonds. The number of rotatable bonds is 2. The van der Waals surface area contributed by atoms with E-state index in [1.54, 1.807) is 6.92 Å². The van der Waals surface area contributed by atoms with Crippen molar-refractivity contribution < 1.29 is 9.50 Å². The topological polar surface area (TPSA) is 46.2 Å². The number of aromatic hydroxyl groups is 1. The molecule has 1 aromatic carbocycles. The summed E-state index contributed by atoms with van der Waals surface area (Å²) in [6, 6.07) is 2.59. The molecule has 0 saturated carbocycles. The van der Waals surface area contributed by atoms with Gasteiger partial charge in [-0.1, -0.05) is 6.92 Å². The highest BCUT2D eigenvalue weighted by Gasteiger charge is 2.23. The summed E-state index contributed by atoms with van der Waals surface area (Å²) in [6.45, 7) is 3.71. The van der Waals surface area contributed by atoms with E-state index in [9.17, 15) is 9.50 Å². The SMILES string of the molecule is CCC(C)(N)c1cc(Br)c(F)cc1O. The minimum Gasteiger partial charge on any atom is -0.507 e. The molecule has 78 valence electrons. The third kappa shape index (κ3) is 2.07. The fraction of sp³-hybridized carbons (Fsp3) is 0.400. The molecule has 2 nitrogen and oxygen atoms in total. The van der Waals surface area contributed by atoms with Crippen LogP contribution in [0.3, 0.4) is 0 Å². The highest BCUT2D eigenvalue weighted by Crippen LogP contribution is 2.33. The Balaban J connectivity index is 3.29. The smallest absolute Gasteiger partial charge is 0.141 e. The lowest BCUT2D eigenvalue weighted by atomic mass is 9.90. The molecular formula is C10H13BrFNO. The van der Waals surface area contributed by atoms with Gasteiger partial charge in [-0.05, 0) is 35.3 Å². The molecule has 0 heterocycles. The molecule has 0 aromatic heterocycles. The van der Waals surface area contributed by atoms with Crippen molar-refractivity contribution in [2.24, 2.45) is 5.73 Å². The quantitative estimate of drug-likeness (QED) is 0.860. The van der Waals surface area contributed by atoms with Crippen LogP contribution < -0.4 is 5.73 Å². The van der Waals surface area contributed by atoms with Crippen LogP contribution in [0.25, 0.3) is 0 Å². The van der Waals surface area contributed by atoms with Crippen LogP contribution in [-0.2, 0) is 5.54 Å². The maximum atomic E-state index is 13.0. The van der Waals surface area contributed by atoms with Crippen molar-refractivity contribution in [2.45, 2.75) is 25.8 Å². The first kappa shape index (κ1) is 11.5. The highest BCUT2D eigenvalue weighted by molar-refractivity contribution is 9.10. The van der Waals surface area contributed by atoms with Crippen molar-refractivity contribution in [3.8, 4) is 5.75 Å². The second-order valence-corrected chi connectivity index (χ2v) is 4.41. The number of phenolic OH excluding ortho intramolecular Hbond substituents is 1. The number of hydrogen-bond donors (Lipinski definition) is 2. The Labute approximate surface area is 91.1 Å². The summed E-state index contributed by atoms with van der Waals surface area (Å²) in [4.78, 5) is 0. The van der Waals surface area contributed by atoms with Crippen molar-refractivity contribution in [3.05, 3.63) is 28.0 Å². The van der Waals surface area contributed by atoms with E-state index in [1.165, 1.54) is 6.07 Å². The van der Waals surface area contributed by atoms with Crippen molar-refractivity contribution in [1.29, 1.82) is 0 Å². The van der Waals surface area contributed by atoms with Gasteiger partial charge in [-0.15, -0.1) is 0 Å². The zero-order valence-corrected chi connectivity index (χ0v) is 9.73.